The summed E-state index contributed by atoms with van der Waals surface area (Å²) in [6.07, 6.45) is 14.5. The summed E-state index contributed by atoms with van der Waals surface area (Å²) in [5.74, 6) is -2.98. The van der Waals surface area contributed by atoms with Gasteiger partial charge in [0, 0.05) is 0 Å². The maximum atomic E-state index is 14.3. The molecule has 2 nitrogen and oxygen atoms in total. The minimum atomic E-state index is -0.925. The van der Waals surface area contributed by atoms with Crippen LogP contribution in [0.4, 0.5) is 17.6 Å². The molecule has 8 heteroatoms. The van der Waals surface area contributed by atoms with Crippen LogP contribution in [0.2, 0.25) is 0 Å². The SMILES string of the molecule is C/C=C\C\C(=C/C=C(C)/C(C)=C/C=C(\C/C(F)=C(\C)F)OCCC)c1ccc(C)[se]1.CC.CCCOc1ccc(-c2ccc(-c3ccc[se]3)cc2)c(F)c1F. The van der Waals surface area contributed by atoms with Gasteiger partial charge in [-0.1, -0.05) is 27.7 Å². The Morgan fingerprint density at radius 1 is 0.764 bits per heavy atom. The first-order valence-corrected chi connectivity index (χ1v) is 22.4. The summed E-state index contributed by atoms with van der Waals surface area (Å²) in [7, 11) is 0. The van der Waals surface area contributed by atoms with Crippen molar-refractivity contribution in [2.45, 2.75) is 88.0 Å². The third-order valence-electron chi connectivity index (χ3n) is 8.01. The summed E-state index contributed by atoms with van der Waals surface area (Å²) >= 11 is 0.761. The molecule has 0 fully saturated rings. The first kappa shape index (κ1) is 47.4. The molecule has 0 spiro atoms. The molecule has 296 valence electrons. The quantitative estimate of drug-likeness (QED) is 0.0367. The van der Waals surface area contributed by atoms with E-state index < -0.39 is 23.3 Å². The van der Waals surface area contributed by atoms with Crippen molar-refractivity contribution in [3.8, 4) is 26.9 Å². The molecule has 0 unspecified atom stereocenters. The minimum absolute atomic E-state index is 0.0328. The van der Waals surface area contributed by atoms with Crippen LogP contribution in [0.1, 0.15) is 89.9 Å². The normalized spacial score (nSPS) is 12.8. The fourth-order valence-electron chi connectivity index (χ4n) is 4.81. The molecule has 4 rings (SSSR count). The zero-order chi connectivity index (χ0) is 40.8. The monoisotopic (exact) mass is 888 g/mol. The topological polar surface area (TPSA) is 18.5 Å². The Bertz CT molecular complexity index is 1920. The number of aryl methyl sites for hydroxylation is 1. The van der Waals surface area contributed by atoms with Gasteiger partial charge in [-0.05, 0) is 6.92 Å². The van der Waals surface area contributed by atoms with Crippen LogP contribution in [-0.2, 0) is 4.74 Å². The Balaban J connectivity index is 0.000000373. The van der Waals surface area contributed by atoms with Crippen molar-refractivity contribution in [3.63, 3.8) is 0 Å². The molecular weight excluding hydrogens is 830 g/mol. The molecule has 2 aromatic heterocycles. The molecule has 0 aliphatic heterocycles. The van der Waals surface area contributed by atoms with Gasteiger partial charge in [0.1, 0.15) is 0 Å². The summed E-state index contributed by atoms with van der Waals surface area (Å²) in [5.41, 5.74) is 5.54. The van der Waals surface area contributed by atoms with E-state index in [9.17, 15) is 17.6 Å². The Morgan fingerprint density at radius 2 is 1.42 bits per heavy atom. The number of benzene rings is 2. The Hall–Kier alpha value is -3.80. The first-order valence-electron chi connectivity index (χ1n) is 18.8. The molecule has 0 amide bonds. The predicted molar refractivity (Wildman–Crippen MR) is 228 cm³/mol. The number of halogens is 4. The molecule has 0 N–H and O–H groups in total. The number of hydrogen-bond donors (Lipinski definition) is 0. The second-order valence-electron chi connectivity index (χ2n) is 12.3. The molecule has 0 bridgehead atoms. The Kier molecular flexibility index (Phi) is 22.5. The summed E-state index contributed by atoms with van der Waals surface area (Å²) < 4.78 is 70.1. The van der Waals surface area contributed by atoms with Crippen molar-refractivity contribution in [2.24, 2.45) is 0 Å². The zero-order valence-corrected chi connectivity index (χ0v) is 37.1. The molecule has 2 aromatic carbocycles. The maximum absolute atomic E-state index is 14.3. The van der Waals surface area contributed by atoms with Gasteiger partial charge in [0.2, 0.25) is 0 Å². The van der Waals surface area contributed by atoms with E-state index in [0.29, 0.717) is 53.5 Å². The number of hydrogen-bond acceptors (Lipinski definition) is 2. The van der Waals surface area contributed by atoms with Crippen molar-refractivity contribution in [3.05, 3.63) is 151 Å². The van der Waals surface area contributed by atoms with E-state index >= 15 is 0 Å². The van der Waals surface area contributed by atoms with Gasteiger partial charge in [0.05, 0.1) is 0 Å². The molecule has 2 heterocycles. The van der Waals surface area contributed by atoms with E-state index in [-0.39, 0.29) is 17.7 Å². The third kappa shape index (κ3) is 16.1. The van der Waals surface area contributed by atoms with Crippen LogP contribution in [0.25, 0.3) is 26.7 Å². The number of rotatable bonds is 16. The van der Waals surface area contributed by atoms with Gasteiger partial charge in [-0.3, -0.25) is 0 Å². The van der Waals surface area contributed by atoms with Gasteiger partial charge >= 0.3 is 302 Å². The molecular formula is C47H56F4O2Se2. The van der Waals surface area contributed by atoms with Gasteiger partial charge in [-0.25, -0.2) is 4.39 Å². The van der Waals surface area contributed by atoms with Crippen LogP contribution >= 0.6 is 0 Å². The average Bonchev–Trinajstić information content (AvgIpc) is 3.90. The van der Waals surface area contributed by atoms with E-state index in [1.807, 2.05) is 78.0 Å². The second-order valence-corrected chi connectivity index (χ2v) is 17.0. The molecule has 4 aromatic rings. The van der Waals surface area contributed by atoms with Gasteiger partial charge in [-0.2, -0.15) is 0 Å². The molecule has 0 radical (unpaired) electrons. The van der Waals surface area contributed by atoms with Crippen molar-refractivity contribution in [2.75, 3.05) is 13.2 Å². The van der Waals surface area contributed by atoms with Crippen LogP contribution < -0.4 is 4.74 Å². The first-order chi connectivity index (χ1) is 26.5. The van der Waals surface area contributed by atoms with E-state index in [2.05, 4.69) is 61.3 Å². The van der Waals surface area contributed by atoms with E-state index in [0.717, 1.165) is 42.9 Å². The second kappa shape index (κ2) is 26.1. The van der Waals surface area contributed by atoms with Crippen molar-refractivity contribution >= 4 is 34.6 Å². The Morgan fingerprint density at radius 3 is 1.98 bits per heavy atom. The third-order valence-corrected chi connectivity index (χ3v) is 12.2. The Labute approximate surface area is 339 Å². The zero-order valence-electron chi connectivity index (χ0n) is 33.7. The summed E-state index contributed by atoms with van der Waals surface area (Å²) in [4.78, 5) is 2.15. The van der Waals surface area contributed by atoms with E-state index in [4.69, 9.17) is 9.47 Å². The van der Waals surface area contributed by atoms with Crippen LogP contribution in [0, 0.1) is 18.6 Å². The van der Waals surface area contributed by atoms with Crippen molar-refractivity contribution < 1.29 is 27.0 Å². The predicted octanol–water partition coefficient (Wildman–Crippen LogP) is 14.3. The van der Waals surface area contributed by atoms with Gasteiger partial charge < -0.3 is 0 Å². The van der Waals surface area contributed by atoms with Crippen LogP contribution in [0.5, 0.6) is 5.75 Å². The molecule has 0 aliphatic carbocycles. The van der Waals surface area contributed by atoms with Gasteiger partial charge in [0.15, 0.2) is 0 Å². The number of allylic oxidation sites excluding steroid dienone is 11. The van der Waals surface area contributed by atoms with Crippen LogP contribution in [0.15, 0.2) is 131 Å². The standard InChI is InChI=1S/C26H34F2OSe.C19H16F2OSe.C2H6/c1-7-9-10-23(26-16-13-21(5)30-26)14-11-19(3)20(4)12-15-24(29-17-8-2)18-25(28)22(6)27;1-2-11-22-16-10-9-15(18(20)19(16)21)13-5-7-14(8-6-13)17-4-3-12-23-17;1-2/h7,9,11-16H,8,10,17-18H2,1-6H3;3-10,12H,2,11H2,1H3;1-2H3/b9-7-,19-11+,20-12+,23-14+,24-15+,25-22-;;. The molecule has 0 saturated heterocycles. The van der Waals surface area contributed by atoms with Crippen molar-refractivity contribution in [1.29, 1.82) is 0 Å². The van der Waals surface area contributed by atoms with Crippen molar-refractivity contribution in [1.82, 2.24) is 0 Å². The van der Waals surface area contributed by atoms with Gasteiger partial charge in [-0.15, -0.1) is 0 Å². The summed E-state index contributed by atoms with van der Waals surface area (Å²) in [6, 6.07) is 19.2. The fraction of sp³-hybridized carbons (Fsp3) is 0.319. The molecule has 0 atom stereocenters. The van der Waals surface area contributed by atoms with Gasteiger partial charge in [0.25, 0.3) is 0 Å². The van der Waals surface area contributed by atoms with Crippen LogP contribution in [-0.4, -0.2) is 42.2 Å². The fourth-order valence-corrected chi connectivity index (χ4v) is 8.24. The number of ether oxygens (including phenoxy) is 2. The molecule has 0 aliphatic rings. The summed E-state index contributed by atoms with van der Waals surface area (Å²) in [5, 5.41) is 0. The van der Waals surface area contributed by atoms with Crippen LogP contribution in [0.3, 0.4) is 0 Å². The summed E-state index contributed by atoms with van der Waals surface area (Å²) in [6.45, 7) is 18.2. The average molecular weight is 887 g/mol. The van der Waals surface area contributed by atoms with E-state index in [1.54, 1.807) is 12.1 Å². The van der Waals surface area contributed by atoms with E-state index in [1.165, 1.54) is 25.0 Å². The molecule has 0 saturated carbocycles. The molecule has 55 heavy (non-hydrogen) atoms.